The van der Waals surface area contributed by atoms with Gasteiger partial charge < -0.3 is 5.11 Å². The molecule has 0 aromatic heterocycles. The Morgan fingerprint density at radius 2 is 1.68 bits per heavy atom. The van der Waals surface area contributed by atoms with E-state index in [9.17, 15) is 9.90 Å². The molecule has 3 heteroatoms. The first-order valence-corrected chi connectivity index (χ1v) is 6.59. The number of carbonyl (C=O) groups is 1. The van der Waals surface area contributed by atoms with Crippen molar-refractivity contribution in [1.29, 1.82) is 0 Å². The van der Waals surface area contributed by atoms with E-state index < -0.39 is 11.4 Å². The van der Waals surface area contributed by atoms with Crippen LogP contribution in [0.5, 0.6) is 0 Å². The average molecular weight is 273 g/mol. The summed E-state index contributed by atoms with van der Waals surface area (Å²) in [7, 11) is 0. The lowest BCUT2D eigenvalue weighted by Gasteiger charge is -2.12. The molecule has 1 N–H and O–H groups in total. The molecule has 0 aliphatic heterocycles. The van der Waals surface area contributed by atoms with Gasteiger partial charge in [0.15, 0.2) is 0 Å². The van der Waals surface area contributed by atoms with Gasteiger partial charge in [-0.15, -0.1) is 0 Å². The van der Waals surface area contributed by atoms with Crippen LogP contribution >= 0.6 is 11.6 Å². The van der Waals surface area contributed by atoms with E-state index in [1.54, 1.807) is 0 Å². The van der Waals surface area contributed by atoms with Crippen LogP contribution in [0.4, 0.5) is 0 Å². The quantitative estimate of drug-likeness (QED) is 0.912. The van der Waals surface area contributed by atoms with Crippen LogP contribution in [0, 0.1) is 0 Å². The Bertz CT molecular complexity index is 645. The molecule has 19 heavy (non-hydrogen) atoms. The van der Waals surface area contributed by atoms with Crippen LogP contribution in [0.3, 0.4) is 0 Å². The first-order chi connectivity index (χ1) is 9.12. The van der Waals surface area contributed by atoms with Gasteiger partial charge in [0.1, 0.15) is 0 Å². The van der Waals surface area contributed by atoms with Crippen LogP contribution in [-0.2, 0) is 10.2 Å². The summed E-state index contributed by atoms with van der Waals surface area (Å²) in [6.45, 7) is 0. The van der Waals surface area contributed by atoms with Crippen molar-refractivity contribution in [3.8, 4) is 11.1 Å². The van der Waals surface area contributed by atoms with Crippen molar-refractivity contribution in [2.75, 3.05) is 0 Å². The van der Waals surface area contributed by atoms with Crippen molar-refractivity contribution in [3.05, 3.63) is 59.1 Å². The fourth-order valence-electron chi connectivity index (χ4n) is 2.42. The van der Waals surface area contributed by atoms with Crippen LogP contribution in [0.2, 0.25) is 5.02 Å². The van der Waals surface area contributed by atoms with E-state index in [-0.39, 0.29) is 0 Å². The minimum Gasteiger partial charge on any atom is -0.481 e. The van der Waals surface area contributed by atoms with Gasteiger partial charge in [-0.05, 0) is 41.7 Å². The number of carboxylic acids is 1. The lowest BCUT2D eigenvalue weighted by Crippen LogP contribution is -2.19. The second-order valence-electron chi connectivity index (χ2n) is 4.98. The zero-order chi connectivity index (χ0) is 13.5. The number of aliphatic carboxylic acids is 1. The van der Waals surface area contributed by atoms with E-state index in [4.69, 9.17) is 11.6 Å². The van der Waals surface area contributed by atoms with Gasteiger partial charge in [0.25, 0.3) is 0 Å². The topological polar surface area (TPSA) is 37.3 Å². The summed E-state index contributed by atoms with van der Waals surface area (Å²) < 4.78 is 0. The molecular formula is C16H13ClO2. The van der Waals surface area contributed by atoms with Gasteiger partial charge in [-0.1, -0.05) is 48.0 Å². The summed E-state index contributed by atoms with van der Waals surface area (Å²) in [5.41, 5.74) is 2.25. The summed E-state index contributed by atoms with van der Waals surface area (Å²) in [6.07, 6.45) is 1.45. The third kappa shape index (κ3) is 2.13. The maximum Gasteiger partial charge on any atom is 0.314 e. The summed E-state index contributed by atoms with van der Waals surface area (Å²) in [5, 5.41) is 10.0. The molecule has 96 valence electrons. The standard InChI is InChI=1S/C16H13ClO2/c17-14-6-2-4-12(10-14)11-3-1-5-13(9-11)16(7-8-16)15(18)19/h1-6,9-10H,7-8H2,(H,18,19). The second kappa shape index (κ2) is 4.39. The maximum atomic E-state index is 11.4. The minimum absolute atomic E-state index is 0.658. The van der Waals surface area contributed by atoms with Crippen molar-refractivity contribution in [2.45, 2.75) is 18.3 Å². The molecule has 1 saturated carbocycles. The molecule has 0 amide bonds. The predicted molar refractivity (Wildman–Crippen MR) is 75.4 cm³/mol. The smallest absolute Gasteiger partial charge is 0.314 e. The van der Waals surface area contributed by atoms with Crippen molar-refractivity contribution in [1.82, 2.24) is 0 Å². The zero-order valence-corrected chi connectivity index (χ0v) is 11.0. The van der Waals surface area contributed by atoms with E-state index in [1.807, 2.05) is 48.5 Å². The highest BCUT2D eigenvalue weighted by Crippen LogP contribution is 2.49. The molecule has 0 heterocycles. The summed E-state index contributed by atoms with van der Waals surface area (Å²) >= 11 is 5.99. The predicted octanol–water partition coefficient (Wildman–Crippen LogP) is 4.12. The van der Waals surface area contributed by atoms with Crippen LogP contribution in [0.1, 0.15) is 18.4 Å². The monoisotopic (exact) mass is 272 g/mol. The molecule has 3 rings (SSSR count). The highest BCUT2D eigenvalue weighted by atomic mass is 35.5. The Balaban J connectivity index is 2.04. The van der Waals surface area contributed by atoms with Gasteiger partial charge in [-0.25, -0.2) is 0 Å². The van der Waals surface area contributed by atoms with Crippen molar-refractivity contribution in [3.63, 3.8) is 0 Å². The molecule has 0 spiro atoms. The number of benzene rings is 2. The first kappa shape index (κ1) is 12.2. The van der Waals surface area contributed by atoms with Gasteiger partial charge in [0, 0.05) is 5.02 Å². The molecule has 0 radical (unpaired) electrons. The van der Waals surface area contributed by atoms with E-state index >= 15 is 0 Å². The number of hydrogen-bond acceptors (Lipinski definition) is 1. The van der Waals surface area contributed by atoms with Crippen molar-refractivity contribution < 1.29 is 9.90 Å². The Morgan fingerprint density at radius 1 is 1.05 bits per heavy atom. The minimum atomic E-state index is -0.726. The Labute approximate surface area is 116 Å². The average Bonchev–Trinajstić information content (AvgIpc) is 3.20. The normalized spacial score (nSPS) is 16.1. The van der Waals surface area contributed by atoms with E-state index in [2.05, 4.69) is 0 Å². The SMILES string of the molecule is O=C(O)C1(c2cccc(-c3cccc(Cl)c3)c2)CC1. The summed E-state index contributed by atoms with van der Waals surface area (Å²) in [6, 6.07) is 15.3. The number of hydrogen-bond donors (Lipinski definition) is 1. The summed E-state index contributed by atoms with van der Waals surface area (Å²) in [4.78, 5) is 11.4. The summed E-state index contributed by atoms with van der Waals surface area (Å²) in [5.74, 6) is -0.726. The van der Waals surface area contributed by atoms with E-state index in [0.717, 1.165) is 29.5 Å². The van der Waals surface area contributed by atoms with Crippen LogP contribution < -0.4 is 0 Å². The van der Waals surface area contributed by atoms with Gasteiger partial charge in [0.2, 0.25) is 0 Å². The largest absolute Gasteiger partial charge is 0.481 e. The molecule has 1 aliphatic rings. The van der Waals surface area contributed by atoms with Gasteiger partial charge in [-0.3, -0.25) is 4.79 Å². The lowest BCUT2D eigenvalue weighted by atomic mass is 9.93. The lowest BCUT2D eigenvalue weighted by molar-refractivity contribution is -0.140. The number of carboxylic acid groups (broad SMARTS) is 1. The Hall–Kier alpha value is -1.80. The highest BCUT2D eigenvalue weighted by molar-refractivity contribution is 6.30. The van der Waals surface area contributed by atoms with Crippen LogP contribution in [-0.4, -0.2) is 11.1 Å². The molecular weight excluding hydrogens is 260 g/mol. The fraction of sp³-hybridized carbons (Fsp3) is 0.188. The Morgan fingerprint density at radius 3 is 2.26 bits per heavy atom. The fourth-order valence-corrected chi connectivity index (χ4v) is 2.61. The molecule has 2 aromatic carbocycles. The number of rotatable bonds is 3. The van der Waals surface area contributed by atoms with Gasteiger partial charge in [0.05, 0.1) is 5.41 Å². The molecule has 0 bridgehead atoms. The Kier molecular flexibility index (Phi) is 2.83. The molecule has 1 fully saturated rings. The van der Waals surface area contributed by atoms with Crippen molar-refractivity contribution in [2.24, 2.45) is 0 Å². The number of halogens is 1. The van der Waals surface area contributed by atoms with Crippen LogP contribution in [0.15, 0.2) is 48.5 Å². The first-order valence-electron chi connectivity index (χ1n) is 6.22. The van der Waals surface area contributed by atoms with Gasteiger partial charge >= 0.3 is 5.97 Å². The molecule has 0 atom stereocenters. The van der Waals surface area contributed by atoms with Crippen LogP contribution in [0.25, 0.3) is 11.1 Å². The maximum absolute atomic E-state index is 11.4. The molecule has 2 nitrogen and oxygen atoms in total. The zero-order valence-electron chi connectivity index (χ0n) is 10.3. The van der Waals surface area contributed by atoms with E-state index in [0.29, 0.717) is 5.02 Å². The molecule has 1 aliphatic carbocycles. The molecule has 0 saturated heterocycles. The third-order valence-electron chi connectivity index (χ3n) is 3.73. The van der Waals surface area contributed by atoms with Crippen molar-refractivity contribution >= 4 is 17.6 Å². The molecule has 0 unspecified atom stereocenters. The third-order valence-corrected chi connectivity index (χ3v) is 3.97. The molecule has 2 aromatic rings. The second-order valence-corrected chi connectivity index (χ2v) is 5.41. The van der Waals surface area contributed by atoms with E-state index in [1.165, 1.54) is 0 Å². The van der Waals surface area contributed by atoms with Gasteiger partial charge in [-0.2, -0.15) is 0 Å². The highest BCUT2D eigenvalue weighted by Gasteiger charge is 2.51.